The predicted octanol–water partition coefficient (Wildman–Crippen LogP) is 0.433. The van der Waals surface area contributed by atoms with Gasteiger partial charge in [0.2, 0.25) is 0 Å². The van der Waals surface area contributed by atoms with Gasteiger partial charge < -0.3 is 9.88 Å². The molecule has 1 N–H and O–H groups in total. The number of sulfone groups is 1. The molecule has 0 radical (unpaired) electrons. The van der Waals surface area contributed by atoms with Crippen molar-refractivity contribution in [1.82, 2.24) is 14.9 Å². The SMILES string of the molecule is O=C(c1ccc2nc[nH]c2c1)N1CCS(=O)(=O)CC1. The van der Waals surface area contributed by atoms with Gasteiger partial charge in [-0.3, -0.25) is 4.79 Å². The molecular formula is C12H13N3O3S. The first-order valence-electron chi connectivity index (χ1n) is 5.98. The van der Waals surface area contributed by atoms with Gasteiger partial charge in [-0.15, -0.1) is 0 Å². The Morgan fingerprint density at radius 3 is 2.74 bits per heavy atom. The molecule has 1 aromatic heterocycles. The number of nitrogens with zero attached hydrogens (tertiary/aromatic N) is 2. The Labute approximate surface area is 110 Å². The van der Waals surface area contributed by atoms with Crippen LogP contribution in [0.3, 0.4) is 0 Å². The predicted molar refractivity (Wildman–Crippen MR) is 70.7 cm³/mol. The third kappa shape index (κ3) is 2.33. The van der Waals surface area contributed by atoms with Crippen LogP contribution in [0.1, 0.15) is 10.4 Å². The van der Waals surface area contributed by atoms with Gasteiger partial charge in [0.1, 0.15) is 0 Å². The van der Waals surface area contributed by atoms with Crippen LogP contribution in [0, 0.1) is 0 Å². The molecule has 0 spiro atoms. The van der Waals surface area contributed by atoms with Crippen molar-refractivity contribution >= 4 is 26.8 Å². The van der Waals surface area contributed by atoms with E-state index in [1.165, 1.54) is 0 Å². The summed E-state index contributed by atoms with van der Waals surface area (Å²) in [5.41, 5.74) is 2.16. The van der Waals surface area contributed by atoms with Gasteiger partial charge in [-0.1, -0.05) is 0 Å². The molecule has 0 atom stereocenters. The zero-order valence-electron chi connectivity index (χ0n) is 10.2. The van der Waals surface area contributed by atoms with Crippen LogP contribution in [-0.4, -0.2) is 53.8 Å². The highest BCUT2D eigenvalue weighted by Crippen LogP contribution is 2.15. The highest BCUT2D eigenvalue weighted by Gasteiger charge is 2.25. The molecule has 1 amide bonds. The minimum absolute atomic E-state index is 0.0467. The number of imidazole rings is 1. The smallest absolute Gasteiger partial charge is 0.253 e. The van der Waals surface area contributed by atoms with Crippen molar-refractivity contribution in [3.8, 4) is 0 Å². The second kappa shape index (κ2) is 4.34. The van der Waals surface area contributed by atoms with Crippen LogP contribution in [0.4, 0.5) is 0 Å². The van der Waals surface area contributed by atoms with E-state index in [4.69, 9.17) is 0 Å². The van der Waals surface area contributed by atoms with Crippen molar-refractivity contribution in [2.75, 3.05) is 24.6 Å². The number of aromatic nitrogens is 2. The number of aromatic amines is 1. The number of benzene rings is 1. The lowest BCUT2D eigenvalue weighted by Crippen LogP contribution is -2.43. The lowest BCUT2D eigenvalue weighted by Gasteiger charge is -2.26. The number of amides is 1. The maximum absolute atomic E-state index is 12.3. The van der Waals surface area contributed by atoms with E-state index in [0.717, 1.165) is 11.0 Å². The van der Waals surface area contributed by atoms with Crippen LogP contribution in [0.15, 0.2) is 24.5 Å². The van der Waals surface area contributed by atoms with E-state index in [1.54, 1.807) is 29.4 Å². The maximum atomic E-state index is 12.3. The largest absolute Gasteiger partial charge is 0.345 e. The second-order valence-corrected chi connectivity index (χ2v) is 6.88. The molecule has 7 heteroatoms. The molecule has 0 unspecified atom stereocenters. The van der Waals surface area contributed by atoms with Gasteiger partial charge >= 0.3 is 0 Å². The summed E-state index contributed by atoms with van der Waals surface area (Å²) >= 11 is 0. The summed E-state index contributed by atoms with van der Waals surface area (Å²) < 4.78 is 22.7. The number of hydrogen-bond donors (Lipinski definition) is 1. The van der Waals surface area contributed by atoms with E-state index in [1.807, 2.05) is 0 Å². The Morgan fingerprint density at radius 2 is 2.00 bits per heavy atom. The van der Waals surface area contributed by atoms with Gasteiger partial charge in [-0.05, 0) is 18.2 Å². The van der Waals surface area contributed by atoms with Crippen LogP contribution in [0.5, 0.6) is 0 Å². The average Bonchev–Trinajstić information content (AvgIpc) is 2.85. The monoisotopic (exact) mass is 279 g/mol. The first kappa shape index (κ1) is 12.2. The molecule has 1 aliphatic heterocycles. The molecule has 100 valence electrons. The molecule has 1 aliphatic rings. The Bertz CT molecular complexity index is 722. The Kier molecular flexibility index (Phi) is 2.78. The van der Waals surface area contributed by atoms with Crippen molar-refractivity contribution in [2.45, 2.75) is 0 Å². The highest BCUT2D eigenvalue weighted by molar-refractivity contribution is 7.91. The van der Waals surface area contributed by atoms with Gasteiger partial charge in [0.05, 0.1) is 28.9 Å². The highest BCUT2D eigenvalue weighted by atomic mass is 32.2. The molecule has 0 saturated carbocycles. The number of fused-ring (bicyclic) bond motifs is 1. The quantitative estimate of drug-likeness (QED) is 0.820. The lowest BCUT2D eigenvalue weighted by atomic mass is 10.1. The minimum Gasteiger partial charge on any atom is -0.345 e. The van der Waals surface area contributed by atoms with Gasteiger partial charge in [0, 0.05) is 18.7 Å². The van der Waals surface area contributed by atoms with E-state index in [-0.39, 0.29) is 30.5 Å². The Balaban J connectivity index is 1.83. The zero-order chi connectivity index (χ0) is 13.5. The van der Waals surface area contributed by atoms with E-state index < -0.39 is 9.84 Å². The topological polar surface area (TPSA) is 83.1 Å². The molecule has 2 heterocycles. The maximum Gasteiger partial charge on any atom is 0.253 e. The molecule has 0 bridgehead atoms. The van der Waals surface area contributed by atoms with E-state index >= 15 is 0 Å². The number of carbonyl (C=O) groups excluding carboxylic acids is 1. The fraction of sp³-hybridized carbons (Fsp3) is 0.333. The summed E-state index contributed by atoms with van der Waals surface area (Å²) in [7, 11) is -2.97. The van der Waals surface area contributed by atoms with Crippen molar-refractivity contribution in [3.05, 3.63) is 30.1 Å². The fourth-order valence-electron chi connectivity index (χ4n) is 2.17. The van der Waals surface area contributed by atoms with Gasteiger partial charge in [0.15, 0.2) is 9.84 Å². The average molecular weight is 279 g/mol. The third-order valence-corrected chi connectivity index (χ3v) is 4.91. The normalized spacial score (nSPS) is 18.6. The van der Waals surface area contributed by atoms with Crippen molar-refractivity contribution in [3.63, 3.8) is 0 Å². The summed E-state index contributed by atoms with van der Waals surface area (Å²) in [6, 6.07) is 5.24. The number of rotatable bonds is 1. The summed E-state index contributed by atoms with van der Waals surface area (Å²) in [5.74, 6) is -0.0396. The van der Waals surface area contributed by atoms with Gasteiger partial charge in [0.25, 0.3) is 5.91 Å². The Morgan fingerprint density at radius 1 is 1.26 bits per heavy atom. The molecule has 1 aromatic carbocycles. The standard InChI is InChI=1S/C12H13N3O3S/c16-12(15-3-5-19(17,18)6-4-15)9-1-2-10-11(7-9)14-8-13-10/h1-2,7-8H,3-6H2,(H,13,14). The molecule has 1 fully saturated rings. The van der Waals surface area contributed by atoms with Crippen LogP contribution >= 0.6 is 0 Å². The van der Waals surface area contributed by atoms with E-state index in [9.17, 15) is 13.2 Å². The molecule has 6 nitrogen and oxygen atoms in total. The molecule has 0 aliphatic carbocycles. The van der Waals surface area contributed by atoms with Crippen LogP contribution in [-0.2, 0) is 9.84 Å². The van der Waals surface area contributed by atoms with Gasteiger partial charge in [-0.25, -0.2) is 13.4 Å². The lowest BCUT2D eigenvalue weighted by molar-refractivity contribution is 0.0770. The molecule has 19 heavy (non-hydrogen) atoms. The molecule has 1 saturated heterocycles. The van der Waals surface area contributed by atoms with Crippen LogP contribution in [0.2, 0.25) is 0 Å². The summed E-state index contributed by atoms with van der Waals surface area (Å²) in [4.78, 5) is 20.9. The first-order valence-corrected chi connectivity index (χ1v) is 7.80. The molecule has 2 aromatic rings. The van der Waals surface area contributed by atoms with E-state index in [2.05, 4.69) is 9.97 Å². The number of hydrogen-bond acceptors (Lipinski definition) is 4. The Hall–Kier alpha value is -1.89. The summed E-state index contributed by atoms with van der Waals surface area (Å²) in [6.07, 6.45) is 1.58. The third-order valence-electron chi connectivity index (χ3n) is 3.30. The van der Waals surface area contributed by atoms with E-state index in [0.29, 0.717) is 5.56 Å². The first-order chi connectivity index (χ1) is 9.05. The molecular weight excluding hydrogens is 266 g/mol. The minimum atomic E-state index is -2.97. The summed E-state index contributed by atoms with van der Waals surface area (Å²) in [5, 5.41) is 0. The van der Waals surface area contributed by atoms with Crippen molar-refractivity contribution in [1.29, 1.82) is 0 Å². The number of nitrogens with one attached hydrogen (secondary N) is 1. The van der Waals surface area contributed by atoms with Gasteiger partial charge in [-0.2, -0.15) is 0 Å². The van der Waals surface area contributed by atoms with Crippen molar-refractivity contribution < 1.29 is 13.2 Å². The number of H-pyrrole nitrogens is 1. The van der Waals surface area contributed by atoms with Crippen LogP contribution in [0.25, 0.3) is 11.0 Å². The second-order valence-electron chi connectivity index (χ2n) is 4.58. The zero-order valence-corrected chi connectivity index (χ0v) is 11.0. The molecule has 3 rings (SSSR count). The number of carbonyl (C=O) groups is 1. The van der Waals surface area contributed by atoms with Crippen molar-refractivity contribution in [2.24, 2.45) is 0 Å². The summed E-state index contributed by atoms with van der Waals surface area (Å²) in [6.45, 7) is 0.532. The fourth-order valence-corrected chi connectivity index (χ4v) is 3.37. The van der Waals surface area contributed by atoms with Crippen LogP contribution < -0.4 is 0 Å².